The maximum Gasteiger partial charge on any atom is 0.231 e. The Morgan fingerprint density at radius 1 is 1.39 bits per heavy atom. The third kappa shape index (κ3) is 3.36. The van der Waals surface area contributed by atoms with E-state index in [2.05, 4.69) is 27.9 Å². The van der Waals surface area contributed by atoms with Gasteiger partial charge in [0.1, 0.15) is 0 Å². The van der Waals surface area contributed by atoms with Crippen LogP contribution < -0.4 is 11.1 Å². The van der Waals surface area contributed by atoms with E-state index >= 15 is 0 Å². The van der Waals surface area contributed by atoms with Gasteiger partial charge >= 0.3 is 0 Å². The molecule has 3 nitrogen and oxygen atoms in total. The molecule has 1 aromatic carbocycles. The summed E-state index contributed by atoms with van der Waals surface area (Å²) in [6.45, 7) is 0.447. The van der Waals surface area contributed by atoms with Gasteiger partial charge in [-0.15, -0.1) is 12.4 Å². The predicted octanol–water partition coefficient (Wildman–Crippen LogP) is 3.17. The average Bonchev–Trinajstić information content (AvgIpc) is 2.78. The van der Waals surface area contributed by atoms with Crippen LogP contribution >= 0.6 is 35.0 Å². The van der Waals surface area contributed by atoms with Gasteiger partial charge in [0.25, 0.3) is 0 Å². The molecule has 0 unspecified atom stereocenters. The van der Waals surface area contributed by atoms with E-state index in [0.29, 0.717) is 6.54 Å². The minimum absolute atomic E-state index is 0. The van der Waals surface area contributed by atoms with Crippen molar-refractivity contribution in [1.82, 2.24) is 0 Å². The molecule has 3 N–H and O–H groups in total. The van der Waals surface area contributed by atoms with Gasteiger partial charge in [-0.2, -0.15) is 0 Å². The Morgan fingerprint density at radius 2 is 2.06 bits per heavy atom. The molecule has 1 aliphatic carbocycles. The summed E-state index contributed by atoms with van der Waals surface area (Å²) in [6, 6.07) is 7.84. The molecule has 0 saturated heterocycles. The standard InChI is InChI=1S/C13H17IN2O.ClH/c14-10-4-3-5-11(8-10)16-12(17)13(9-15)6-1-2-7-13;/h3-5,8H,1-2,6-7,9,15H2,(H,16,17);1H. The Labute approximate surface area is 127 Å². The fourth-order valence-corrected chi connectivity index (χ4v) is 2.95. The van der Waals surface area contributed by atoms with Gasteiger partial charge in [-0.25, -0.2) is 0 Å². The van der Waals surface area contributed by atoms with E-state index in [-0.39, 0.29) is 23.7 Å². The van der Waals surface area contributed by atoms with Crippen LogP contribution in [-0.4, -0.2) is 12.5 Å². The Morgan fingerprint density at radius 3 is 2.61 bits per heavy atom. The van der Waals surface area contributed by atoms with E-state index in [0.717, 1.165) is 34.9 Å². The highest BCUT2D eigenvalue weighted by molar-refractivity contribution is 14.1. The maximum atomic E-state index is 12.3. The van der Waals surface area contributed by atoms with E-state index in [4.69, 9.17) is 5.73 Å². The molecule has 2 rings (SSSR count). The summed E-state index contributed by atoms with van der Waals surface area (Å²) in [6.07, 6.45) is 4.05. The summed E-state index contributed by atoms with van der Waals surface area (Å²) in [7, 11) is 0. The van der Waals surface area contributed by atoms with Crippen LogP contribution in [0.5, 0.6) is 0 Å². The number of halogens is 2. The van der Waals surface area contributed by atoms with E-state index < -0.39 is 0 Å². The van der Waals surface area contributed by atoms with E-state index in [1.165, 1.54) is 0 Å². The first-order valence-corrected chi connectivity index (χ1v) is 7.01. The molecule has 0 aromatic heterocycles. The van der Waals surface area contributed by atoms with Crippen molar-refractivity contribution in [2.45, 2.75) is 25.7 Å². The van der Waals surface area contributed by atoms with Gasteiger partial charge in [0.2, 0.25) is 5.91 Å². The maximum absolute atomic E-state index is 12.3. The molecule has 1 aliphatic rings. The lowest BCUT2D eigenvalue weighted by Crippen LogP contribution is -2.40. The second-order valence-corrected chi connectivity index (χ2v) is 5.90. The lowest BCUT2D eigenvalue weighted by Gasteiger charge is -2.25. The zero-order valence-electron chi connectivity index (χ0n) is 10.1. The second kappa shape index (κ2) is 6.73. The van der Waals surface area contributed by atoms with Gasteiger partial charge in [-0.3, -0.25) is 4.79 Å². The molecule has 0 radical (unpaired) electrons. The van der Waals surface area contributed by atoms with Gasteiger partial charge in [-0.05, 0) is 53.6 Å². The molecular formula is C13H18ClIN2O. The third-order valence-electron chi connectivity index (χ3n) is 3.52. The van der Waals surface area contributed by atoms with Crippen molar-refractivity contribution in [1.29, 1.82) is 0 Å². The first-order chi connectivity index (χ1) is 8.16. The molecule has 0 atom stereocenters. The molecular weight excluding hydrogens is 363 g/mol. The predicted molar refractivity (Wildman–Crippen MR) is 85.0 cm³/mol. The Bertz CT molecular complexity index is 419. The molecule has 1 amide bonds. The molecule has 5 heteroatoms. The number of hydrogen-bond acceptors (Lipinski definition) is 2. The molecule has 1 saturated carbocycles. The van der Waals surface area contributed by atoms with Crippen LogP contribution in [0.2, 0.25) is 0 Å². The van der Waals surface area contributed by atoms with Crippen LogP contribution in [0.4, 0.5) is 5.69 Å². The van der Waals surface area contributed by atoms with Crippen LogP contribution in [0.15, 0.2) is 24.3 Å². The number of anilines is 1. The summed E-state index contributed by atoms with van der Waals surface area (Å²) in [5.41, 5.74) is 6.32. The minimum atomic E-state index is -0.332. The molecule has 100 valence electrons. The zero-order valence-corrected chi connectivity index (χ0v) is 13.1. The summed E-state index contributed by atoms with van der Waals surface area (Å²) in [5, 5.41) is 2.99. The number of amides is 1. The van der Waals surface area contributed by atoms with Gasteiger partial charge < -0.3 is 11.1 Å². The monoisotopic (exact) mass is 380 g/mol. The molecule has 18 heavy (non-hydrogen) atoms. The number of carbonyl (C=O) groups excluding carboxylic acids is 1. The number of hydrogen-bond donors (Lipinski definition) is 2. The van der Waals surface area contributed by atoms with Gasteiger partial charge in [-0.1, -0.05) is 18.9 Å². The van der Waals surface area contributed by atoms with Crippen LogP contribution in [0.25, 0.3) is 0 Å². The fourth-order valence-electron chi connectivity index (χ4n) is 2.41. The lowest BCUT2D eigenvalue weighted by atomic mass is 9.85. The highest BCUT2D eigenvalue weighted by Crippen LogP contribution is 2.38. The highest BCUT2D eigenvalue weighted by atomic mass is 127. The SMILES string of the molecule is Cl.NCC1(C(=O)Nc2cccc(I)c2)CCCC1. The topological polar surface area (TPSA) is 55.1 Å². The first kappa shape index (κ1) is 15.7. The molecule has 0 heterocycles. The number of nitrogens with one attached hydrogen (secondary N) is 1. The molecule has 0 bridgehead atoms. The van der Waals surface area contributed by atoms with Gasteiger partial charge in [0, 0.05) is 15.8 Å². The molecule has 0 spiro atoms. The largest absolute Gasteiger partial charge is 0.329 e. The van der Waals surface area contributed by atoms with Crippen molar-refractivity contribution < 1.29 is 4.79 Å². The average molecular weight is 381 g/mol. The summed E-state index contributed by atoms with van der Waals surface area (Å²) < 4.78 is 1.12. The Balaban J connectivity index is 0.00000162. The van der Waals surface area contributed by atoms with Gasteiger partial charge in [0.15, 0.2) is 0 Å². The number of carbonyl (C=O) groups is 1. The molecule has 0 aliphatic heterocycles. The van der Waals surface area contributed by atoms with E-state index in [1.54, 1.807) is 0 Å². The highest BCUT2D eigenvalue weighted by Gasteiger charge is 2.39. The van der Waals surface area contributed by atoms with Crippen molar-refractivity contribution in [2.24, 2.45) is 11.1 Å². The lowest BCUT2D eigenvalue weighted by molar-refractivity contribution is -0.124. The van der Waals surface area contributed by atoms with Crippen LogP contribution in [0, 0.1) is 8.99 Å². The van der Waals surface area contributed by atoms with Crippen molar-refractivity contribution in [3.05, 3.63) is 27.8 Å². The Hall–Kier alpha value is -0.330. The number of benzene rings is 1. The molecule has 1 fully saturated rings. The van der Waals surface area contributed by atoms with Crippen molar-refractivity contribution >= 4 is 46.6 Å². The van der Waals surface area contributed by atoms with Crippen molar-refractivity contribution in [3.8, 4) is 0 Å². The smallest absolute Gasteiger partial charge is 0.231 e. The van der Waals surface area contributed by atoms with Crippen LogP contribution in [0.3, 0.4) is 0 Å². The second-order valence-electron chi connectivity index (χ2n) is 4.66. The minimum Gasteiger partial charge on any atom is -0.329 e. The van der Waals surface area contributed by atoms with Crippen LogP contribution in [-0.2, 0) is 4.79 Å². The number of rotatable bonds is 3. The van der Waals surface area contributed by atoms with Crippen LogP contribution in [0.1, 0.15) is 25.7 Å². The first-order valence-electron chi connectivity index (χ1n) is 5.93. The molecule has 1 aromatic rings. The third-order valence-corrected chi connectivity index (χ3v) is 4.19. The van der Waals surface area contributed by atoms with Gasteiger partial charge in [0.05, 0.1) is 5.41 Å². The summed E-state index contributed by atoms with van der Waals surface area (Å²) in [5.74, 6) is 0.0829. The number of nitrogens with two attached hydrogens (primary N) is 1. The van der Waals surface area contributed by atoms with E-state index in [1.807, 2.05) is 24.3 Å². The quantitative estimate of drug-likeness (QED) is 0.791. The zero-order chi connectivity index (χ0) is 12.3. The fraction of sp³-hybridized carbons (Fsp3) is 0.462. The summed E-state index contributed by atoms with van der Waals surface area (Å²) in [4.78, 5) is 12.3. The summed E-state index contributed by atoms with van der Waals surface area (Å²) >= 11 is 2.24. The normalized spacial score (nSPS) is 17.0. The van der Waals surface area contributed by atoms with Crippen molar-refractivity contribution in [2.75, 3.05) is 11.9 Å². The van der Waals surface area contributed by atoms with Crippen molar-refractivity contribution in [3.63, 3.8) is 0 Å². The van der Waals surface area contributed by atoms with E-state index in [9.17, 15) is 4.79 Å². The Kier molecular flexibility index (Phi) is 5.88.